The normalized spacial score (nSPS) is 16.2. The fraction of sp³-hybridized carbons (Fsp3) is 0.375. The maximum Gasteiger partial charge on any atom is 0.246 e. The number of amides is 2. The second-order valence-electron chi connectivity index (χ2n) is 5.45. The molecule has 1 fully saturated rings. The van der Waals surface area contributed by atoms with Crippen molar-refractivity contribution in [3.8, 4) is 0 Å². The second-order valence-corrected chi connectivity index (χ2v) is 5.85. The topological polar surface area (TPSA) is 63.4 Å². The van der Waals surface area contributed by atoms with E-state index in [1.807, 2.05) is 0 Å². The van der Waals surface area contributed by atoms with Gasteiger partial charge in [0.05, 0.1) is 5.02 Å². The molecule has 1 heterocycles. The molecule has 0 aliphatic carbocycles. The van der Waals surface area contributed by atoms with E-state index >= 15 is 0 Å². The van der Waals surface area contributed by atoms with Crippen LogP contribution in [0.2, 0.25) is 5.02 Å². The minimum Gasteiger partial charge on any atom is -0.370 e. The van der Waals surface area contributed by atoms with Crippen LogP contribution in [0.3, 0.4) is 0 Å². The van der Waals surface area contributed by atoms with Crippen LogP contribution in [0, 0.1) is 11.7 Å². The predicted octanol–water partition coefficient (Wildman–Crippen LogP) is 2.61. The van der Waals surface area contributed by atoms with E-state index < -0.39 is 5.82 Å². The number of rotatable bonds is 4. The molecule has 2 rings (SSSR count). The van der Waals surface area contributed by atoms with Crippen molar-refractivity contribution in [2.24, 2.45) is 11.7 Å². The summed E-state index contributed by atoms with van der Waals surface area (Å²) in [5.74, 6) is -0.612. The van der Waals surface area contributed by atoms with Crippen molar-refractivity contribution in [1.29, 1.82) is 0 Å². The Morgan fingerprint density at radius 1 is 1.36 bits per heavy atom. The molecule has 4 nitrogen and oxygen atoms in total. The molecule has 1 aliphatic rings. The molecule has 0 radical (unpaired) electrons. The van der Waals surface area contributed by atoms with E-state index in [4.69, 9.17) is 17.3 Å². The van der Waals surface area contributed by atoms with Crippen molar-refractivity contribution in [3.05, 3.63) is 40.7 Å². The van der Waals surface area contributed by atoms with E-state index in [0.717, 1.165) is 12.8 Å². The van der Waals surface area contributed by atoms with Crippen molar-refractivity contribution < 1.29 is 14.0 Å². The summed E-state index contributed by atoms with van der Waals surface area (Å²) in [5.41, 5.74) is 5.85. The maximum absolute atomic E-state index is 13.1. The molecule has 0 saturated carbocycles. The van der Waals surface area contributed by atoms with E-state index in [2.05, 4.69) is 0 Å². The number of likely N-dealkylation sites (tertiary alicyclic amines) is 1. The molecule has 0 bridgehead atoms. The van der Waals surface area contributed by atoms with E-state index in [9.17, 15) is 14.0 Å². The summed E-state index contributed by atoms with van der Waals surface area (Å²) in [6.45, 7) is 1.23. The Kier molecular flexibility index (Phi) is 5.55. The smallest absolute Gasteiger partial charge is 0.246 e. The Morgan fingerprint density at radius 2 is 2.05 bits per heavy atom. The van der Waals surface area contributed by atoms with E-state index in [-0.39, 0.29) is 22.8 Å². The second kappa shape index (κ2) is 7.40. The summed E-state index contributed by atoms with van der Waals surface area (Å²) < 4.78 is 13.1. The summed E-state index contributed by atoms with van der Waals surface area (Å²) in [6, 6.07) is 4.30. The minimum absolute atomic E-state index is 0.0295. The Morgan fingerprint density at radius 3 is 2.64 bits per heavy atom. The molecular formula is C16H18ClFN2O2. The van der Waals surface area contributed by atoms with Crippen LogP contribution in [0.25, 0.3) is 6.08 Å². The zero-order valence-corrected chi connectivity index (χ0v) is 12.9. The van der Waals surface area contributed by atoms with Crippen LogP contribution in [0.4, 0.5) is 4.39 Å². The number of carbonyl (C=O) groups excluding carboxylic acids is 2. The van der Waals surface area contributed by atoms with Crippen LogP contribution < -0.4 is 5.73 Å². The quantitative estimate of drug-likeness (QED) is 0.865. The van der Waals surface area contributed by atoms with Gasteiger partial charge in [0.2, 0.25) is 11.8 Å². The molecule has 6 heteroatoms. The highest BCUT2D eigenvalue weighted by atomic mass is 35.5. The molecule has 1 saturated heterocycles. The SMILES string of the molecule is NC(=O)CC1CCN(C(=O)/C=C\c2ccc(F)c(Cl)c2)CC1. The van der Waals surface area contributed by atoms with Gasteiger partial charge in [-0.2, -0.15) is 0 Å². The molecule has 118 valence electrons. The number of carbonyl (C=O) groups is 2. The third-order valence-electron chi connectivity index (χ3n) is 3.78. The average molecular weight is 325 g/mol. The standard InChI is InChI=1S/C16H18ClFN2O2/c17-13-9-11(1-3-14(13)18)2-4-16(22)20-7-5-12(6-8-20)10-15(19)21/h1-4,9,12H,5-8,10H2,(H2,19,21)/b4-2-. The molecule has 22 heavy (non-hydrogen) atoms. The molecule has 2 N–H and O–H groups in total. The number of benzene rings is 1. The van der Waals surface area contributed by atoms with Gasteiger partial charge in [-0.15, -0.1) is 0 Å². The molecule has 1 aromatic rings. The maximum atomic E-state index is 13.1. The highest BCUT2D eigenvalue weighted by molar-refractivity contribution is 6.30. The van der Waals surface area contributed by atoms with Gasteiger partial charge in [0.25, 0.3) is 0 Å². The lowest BCUT2D eigenvalue weighted by atomic mass is 9.93. The van der Waals surface area contributed by atoms with Gasteiger partial charge < -0.3 is 10.6 Å². The number of hydrogen-bond donors (Lipinski definition) is 1. The van der Waals surface area contributed by atoms with E-state index in [1.54, 1.807) is 17.0 Å². The third kappa shape index (κ3) is 4.56. The van der Waals surface area contributed by atoms with Crippen LogP contribution in [-0.2, 0) is 9.59 Å². The Balaban J connectivity index is 1.89. The molecule has 0 atom stereocenters. The predicted molar refractivity (Wildman–Crippen MR) is 83.6 cm³/mol. The van der Waals surface area contributed by atoms with Crippen molar-refractivity contribution in [2.75, 3.05) is 13.1 Å². The lowest BCUT2D eigenvalue weighted by molar-refractivity contribution is -0.127. The molecule has 0 aromatic heterocycles. The van der Waals surface area contributed by atoms with Crippen LogP contribution >= 0.6 is 11.6 Å². The van der Waals surface area contributed by atoms with Gasteiger partial charge in [0, 0.05) is 25.6 Å². The number of nitrogens with two attached hydrogens (primary N) is 1. The van der Waals surface area contributed by atoms with Gasteiger partial charge in [-0.05, 0) is 42.5 Å². The van der Waals surface area contributed by atoms with E-state index in [1.165, 1.54) is 18.2 Å². The van der Waals surface area contributed by atoms with Gasteiger partial charge in [-0.1, -0.05) is 17.7 Å². The lowest BCUT2D eigenvalue weighted by Gasteiger charge is -2.30. The fourth-order valence-electron chi connectivity index (χ4n) is 2.53. The first-order chi connectivity index (χ1) is 10.5. The fourth-order valence-corrected chi connectivity index (χ4v) is 2.72. The molecule has 1 aliphatic heterocycles. The first-order valence-corrected chi connectivity index (χ1v) is 7.54. The van der Waals surface area contributed by atoms with E-state index in [0.29, 0.717) is 25.1 Å². The largest absolute Gasteiger partial charge is 0.370 e. The van der Waals surface area contributed by atoms with Crippen LogP contribution in [-0.4, -0.2) is 29.8 Å². The Labute approximate surface area is 133 Å². The number of halogens is 2. The highest BCUT2D eigenvalue weighted by Gasteiger charge is 2.22. The summed E-state index contributed by atoms with van der Waals surface area (Å²) >= 11 is 5.69. The van der Waals surface area contributed by atoms with Crippen LogP contribution in [0.5, 0.6) is 0 Å². The first-order valence-electron chi connectivity index (χ1n) is 7.16. The van der Waals surface area contributed by atoms with Crippen molar-refractivity contribution >= 4 is 29.5 Å². The molecule has 1 aromatic carbocycles. The van der Waals surface area contributed by atoms with Crippen LogP contribution in [0.15, 0.2) is 24.3 Å². The van der Waals surface area contributed by atoms with Crippen molar-refractivity contribution in [1.82, 2.24) is 4.90 Å². The first kappa shape index (κ1) is 16.5. The summed E-state index contributed by atoms with van der Waals surface area (Å²) in [7, 11) is 0. The summed E-state index contributed by atoms with van der Waals surface area (Å²) in [5, 5.41) is 0.0295. The minimum atomic E-state index is -0.485. The van der Waals surface area contributed by atoms with Gasteiger partial charge in [-0.3, -0.25) is 9.59 Å². The Bertz CT molecular complexity index is 596. The third-order valence-corrected chi connectivity index (χ3v) is 4.07. The zero-order valence-electron chi connectivity index (χ0n) is 12.1. The van der Waals surface area contributed by atoms with Gasteiger partial charge >= 0.3 is 0 Å². The lowest BCUT2D eigenvalue weighted by Crippen LogP contribution is -2.38. The number of nitrogens with zero attached hydrogens (tertiary/aromatic N) is 1. The molecule has 0 spiro atoms. The van der Waals surface area contributed by atoms with Crippen molar-refractivity contribution in [2.45, 2.75) is 19.3 Å². The zero-order chi connectivity index (χ0) is 16.1. The summed E-state index contributed by atoms with van der Waals surface area (Å²) in [6.07, 6.45) is 5.02. The molecular weight excluding hydrogens is 307 g/mol. The van der Waals surface area contributed by atoms with Gasteiger partial charge in [-0.25, -0.2) is 4.39 Å². The number of primary amides is 1. The molecule has 0 unspecified atom stereocenters. The van der Waals surface area contributed by atoms with Crippen LogP contribution in [0.1, 0.15) is 24.8 Å². The van der Waals surface area contributed by atoms with Gasteiger partial charge in [0.1, 0.15) is 5.82 Å². The highest BCUT2D eigenvalue weighted by Crippen LogP contribution is 2.21. The van der Waals surface area contributed by atoms with Crippen molar-refractivity contribution in [3.63, 3.8) is 0 Å². The summed E-state index contributed by atoms with van der Waals surface area (Å²) in [4.78, 5) is 24.7. The average Bonchev–Trinajstić information content (AvgIpc) is 2.48. The van der Waals surface area contributed by atoms with Gasteiger partial charge in [0.15, 0.2) is 0 Å². The monoisotopic (exact) mass is 324 g/mol. The number of hydrogen-bond acceptors (Lipinski definition) is 2. The number of piperidine rings is 1. The molecule has 2 amide bonds. The Hall–Kier alpha value is -1.88.